The number of piperidine rings is 1. The fourth-order valence-electron chi connectivity index (χ4n) is 3.16. The van der Waals surface area contributed by atoms with Gasteiger partial charge in [-0.05, 0) is 61.3 Å². The zero-order valence-corrected chi connectivity index (χ0v) is 16.7. The Morgan fingerprint density at radius 3 is 2.62 bits per heavy atom. The summed E-state index contributed by atoms with van der Waals surface area (Å²) < 4.78 is 0. The predicted molar refractivity (Wildman–Crippen MR) is 110 cm³/mol. The minimum absolute atomic E-state index is 0.0401. The number of hydrogen-bond donors (Lipinski definition) is 1. The van der Waals surface area contributed by atoms with E-state index in [-0.39, 0.29) is 11.9 Å². The van der Waals surface area contributed by atoms with Crippen molar-refractivity contribution in [2.45, 2.75) is 36.5 Å². The van der Waals surface area contributed by atoms with Crippen molar-refractivity contribution in [2.75, 3.05) is 19.6 Å². The molecule has 1 aliphatic heterocycles. The zero-order valence-electron chi connectivity index (χ0n) is 15.1. The Morgan fingerprint density at radius 2 is 1.92 bits per heavy atom. The van der Waals surface area contributed by atoms with E-state index < -0.39 is 0 Å². The van der Waals surface area contributed by atoms with Gasteiger partial charge in [-0.3, -0.25) is 4.79 Å². The Kier molecular flexibility index (Phi) is 7.00. The van der Waals surface area contributed by atoms with Crippen LogP contribution >= 0.6 is 23.4 Å². The van der Waals surface area contributed by atoms with E-state index in [9.17, 15) is 4.79 Å². The molecule has 0 radical (unpaired) electrons. The van der Waals surface area contributed by atoms with Gasteiger partial charge in [0.2, 0.25) is 0 Å². The van der Waals surface area contributed by atoms with Crippen LogP contribution in [0.3, 0.4) is 0 Å². The summed E-state index contributed by atoms with van der Waals surface area (Å²) >= 11 is 7.67. The number of carbonyl (C=O) groups is 1. The summed E-state index contributed by atoms with van der Waals surface area (Å²) in [4.78, 5) is 16.2. The van der Waals surface area contributed by atoms with E-state index in [4.69, 9.17) is 11.6 Å². The lowest BCUT2D eigenvalue weighted by Crippen LogP contribution is -2.44. The minimum Gasteiger partial charge on any atom is -0.349 e. The molecule has 1 saturated heterocycles. The van der Waals surface area contributed by atoms with Gasteiger partial charge < -0.3 is 10.2 Å². The first-order valence-corrected chi connectivity index (χ1v) is 10.5. The number of amides is 1. The van der Waals surface area contributed by atoms with Gasteiger partial charge in [0.15, 0.2) is 0 Å². The van der Waals surface area contributed by atoms with Crippen LogP contribution in [-0.2, 0) is 5.75 Å². The Labute approximate surface area is 165 Å². The molecule has 0 atom stereocenters. The third-order valence-electron chi connectivity index (χ3n) is 4.78. The monoisotopic (exact) mass is 388 g/mol. The molecule has 3 rings (SSSR count). The van der Waals surface area contributed by atoms with Gasteiger partial charge in [0, 0.05) is 40.4 Å². The molecule has 5 heteroatoms. The standard InChI is InChI=1S/C21H25ClN2OS/c1-2-24-12-10-19(11-13-24)23-21(25)17-5-3-4-16(14-17)15-26-20-8-6-18(22)7-9-20/h3-9,14,19H,2,10-13,15H2,1H3,(H,23,25). The lowest BCUT2D eigenvalue weighted by Gasteiger charge is -2.31. The van der Waals surface area contributed by atoms with E-state index in [1.165, 1.54) is 4.90 Å². The summed E-state index contributed by atoms with van der Waals surface area (Å²) in [5.74, 6) is 0.871. The van der Waals surface area contributed by atoms with E-state index in [0.29, 0.717) is 0 Å². The Morgan fingerprint density at radius 1 is 1.19 bits per heavy atom. The van der Waals surface area contributed by atoms with Gasteiger partial charge in [0.05, 0.1) is 0 Å². The molecule has 0 spiro atoms. The van der Waals surface area contributed by atoms with Crippen molar-refractivity contribution in [3.05, 3.63) is 64.7 Å². The maximum Gasteiger partial charge on any atom is 0.251 e. The number of likely N-dealkylation sites (tertiary alicyclic amines) is 1. The average molecular weight is 389 g/mol. The summed E-state index contributed by atoms with van der Waals surface area (Å²) in [6.45, 7) is 5.42. The van der Waals surface area contributed by atoms with Gasteiger partial charge in [-0.2, -0.15) is 0 Å². The zero-order chi connectivity index (χ0) is 18.4. The van der Waals surface area contributed by atoms with Gasteiger partial charge in [-0.1, -0.05) is 30.7 Å². The van der Waals surface area contributed by atoms with Crippen molar-refractivity contribution in [1.29, 1.82) is 0 Å². The lowest BCUT2D eigenvalue weighted by molar-refractivity contribution is 0.0912. The number of rotatable bonds is 6. The predicted octanol–water partition coefficient (Wildman–Crippen LogP) is 4.85. The van der Waals surface area contributed by atoms with Gasteiger partial charge in [-0.25, -0.2) is 0 Å². The van der Waals surface area contributed by atoms with Gasteiger partial charge in [0.1, 0.15) is 0 Å². The molecule has 1 amide bonds. The second-order valence-electron chi connectivity index (χ2n) is 6.62. The van der Waals surface area contributed by atoms with Gasteiger partial charge in [-0.15, -0.1) is 11.8 Å². The number of nitrogens with zero attached hydrogens (tertiary/aromatic N) is 1. The second-order valence-corrected chi connectivity index (χ2v) is 8.11. The van der Waals surface area contributed by atoms with Crippen LogP contribution in [-0.4, -0.2) is 36.5 Å². The highest BCUT2D eigenvalue weighted by Crippen LogP contribution is 2.24. The molecule has 0 aromatic heterocycles. The molecule has 0 saturated carbocycles. The molecule has 2 aromatic carbocycles. The fourth-order valence-corrected chi connectivity index (χ4v) is 4.13. The van der Waals surface area contributed by atoms with Crippen LogP contribution in [0.15, 0.2) is 53.4 Å². The Balaban J connectivity index is 1.54. The first-order chi connectivity index (χ1) is 12.6. The van der Waals surface area contributed by atoms with Crippen molar-refractivity contribution in [3.63, 3.8) is 0 Å². The molecule has 3 nitrogen and oxygen atoms in total. The number of halogens is 1. The number of nitrogens with one attached hydrogen (secondary N) is 1. The quantitative estimate of drug-likeness (QED) is 0.718. The minimum atomic E-state index is 0.0401. The average Bonchev–Trinajstić information content (AvgIpc) is 2.68. The van der Waals surface area contributed by atoms with Crippen molar-refractivity contribution in [1.82, 2.24) is 10.2 Å². The summed E-state index contributed by atoms with van der Waals surface area (Å²) in [5, 5.41) is 3.95. The van der Waals surface area contributed by atoms with Gasteiger partial charge >= 0.3 is 0 Å². The van der Waals surface area contributed by atoms with Crippen molar-refractivity contribution >= 4 is 29.3 Å². The van der Waals surface area contributed by atoms with Crippen molar-refractivity contribution in [2.24, 2.45) is 0 Å². The summed E-state index contributed by atoms with van der Waals surface area (Å²) in [6, 6.07) is 16.1. The molecule has 26 heavy (non-hydrogen) atoms. The molecular formula is C21H25ClN2OS. The van der Waals surface area contributed by atoms with Crippen LogP contribution in [0, 0.1) is 0 Å². The Hall–Kier alpha value is -1.49. The van der Waals surface area contributed by atoms with Crippen LogP contribution in [0.1, 0.15) is 35.7 Å². The Bertz CT molecular complexity index is 727. The summed E-state index contributed by atoms with van der Waals surface area (Å²) in [5.41, 5.74) is 1.90. The fraction of sp³-hybridized carbons (Fsp3) is 0.381. The third-order valence-corrected chi connectivity index (χ3v) is 6.11. The maximum atomic E-state index is 12.6. The van der Waals surface area contributed by atoms with Crippen LogP contribution in [0.2, 0.25) is 5.02 Å². The molecule has 0 aliphatic carbocycles. The molecule has 2 aromatic rings. The molecule has 0 unspecified atom stereocenters. The first-order valence-electron chi connectivity index (χ1n) is 9.14. The van der Waals surface area contributed by atoms with Crippen molar-refractivity contribution < 1.29 is 4.79 Å². The highest BCUT2D eigenvalue weighted by molar-refractivity contribution is 7.98. The van der Waals surface area contributed by atoms with E-state index in [2.05, 4.69) is 23.2 Å². The van der Waals surface area contributed by atoms with Crippen molar-refractivity contribution in [3.8, 4) is 0 Å². The number of hydrogen-bond acceptors (Lipinski definition) is 3. The van der Waals surface area contributed by atoms with E-state index in [1.54, 1.807) is 11.8 Å². The van der Waals surface area contributed by atoms with Crippen LogP contribution in [0.4, 0.5) is 0 Å². The SMILES string of the molecule is CCN1CCC(NC(=O)c2cccc(CSc3ccc(Cl)cc3)c2)CC1. The lowest BCUT2D eigenvalue weighted by atomic mass is 10.0. The molecule has 1 heterocycles. The highest BCUT2D eigenvalue weighted by Gasteiger charge is 2.20. The first kappa shape index (κ1) is 19.3. The summed E-state index contributed by atoms with van der Waals surface area (Å²) in [7, 11) is 0. The largest absolute Gasteiger partial charge is 0.349 e. The van der Waals surface area contributed by atoms with Crippen LogP contribution < -0.4 is 5.32 Å². The van der Waals surface area contributed by atoms with Gasteiger partial charge in [0.25, 0.3) is 5.91 Å². The van der Waals surface area contributed by atoms with Crippen LogP contribution in [0.25, 0.3) is 0 Å². The number of carbonyl (C=O) groups excluding carboxylic acids is 1. The molecule has 138 valence electrons. The topological polar surface area (TPSA) is 32.3 Å². The van der Waals surface area contributed by atoms with E-state index in [0.717, 1.165) is 54.4 Å². The number of benzene rings is 2. The maximum absolute atomic E-state index is 12.6. The summed E-state index contributed by atoms with van der Waals surface area (Å²) in [6.07, 6.45) is 2.07. The highest BCUT2D eigenvalue weighted by atomic mass is 35.5. The van der Waals surface area contributed by atoms with E-state index >= 15 is 0 Å². The smallest absolute Gasteiger partial charge is 0.251 e. The molecule has 0 bridgehead atoms. The third kappa shape index (κ3) is 5.50. The van der Waals surface area contributed by atoms with E-state index in [1.807, 2.05) is 42.5 Å². The molecular weight excluding hydrogens is 364 g/mol. The number of thioether (sulfide) groups is 1. The normalized spacial score (nSPS) is 15.8. The molecule has 1 aliphatic rings. The molecule has 1 N–H and O–H groups in total. The second kappa shape index (κ2) is 9.45. The molecule has 1 fully saturated rings. The van der Waals surface area contributed by atoms with Crippen LogP contribution in [0.5, 0.6) is 0 Å².